The van der Waals surface area contributed by atoms with Crippen molar-refractivity contribution in [3.05, 3.63) is 29.3 Å². The van der Waals surface area contributed by atoms with E-state index in [0.29, 0.717) is 5.56 Å². The van der Waals surface area contributed by atoms with Crippen molar-refractivity contribution in [1.82, 2.24) is 5.32 Å². The van der Waals surface area contributed by atoms with Gasteiger partial charge < -0.3 is 8.92 Å². The highest BCUT2D eigenvalue weighted by atomic mass is 32.2. The van der Waals surface area contributed by atoms with E-state index in [1.165, 1.54) is 12.1 Å². The summed E-state index contributed by atoms with van der Waals surface area (Å²) in [7, 11) is -5.75. The minimum atomic E-state index is -5.75. The molecule has 1 aromatic carbocycles. The maximum Gasteiger partial charge on any atom is 0.534 e. The van der Waals surface area contributed by atoms with Crippen LogP contribution in [0, 0.1) is 0 Å². The van der Waals surface area contributed by atoms with Crippen molar-refractivity contribution in [2.24, 2.45) is 0 Å². The maximum absolute atomic E-state index is 12.4. The predicted octanol–water partition coefficient (Wildman–Crippen LogP) is 2.23. The number of halogens is 3. The minimum Gasteiger partial charge on any atom is -0.465 e. The first kappa shape index (κ1) is 19.5. The minimum absolute atomic E-state index is 0.140. The van der Waals surface area contributed by atoms with Crippen LogP contribution in [0.4, 0.5) is 13.2 Å². The zero-order valence-corrected chi connectivity index (χ0v) is 14.6. The van der Waals surface area contributed by atoms with Crippen LogP contribution in [0.15, 0.2) is 18.2 Å². The third-order valence-electron chi connectivity index (χ3n) is 3.77. The van der Waals surface area contributed by atoms with Gasteiger partial charge in [0.15, 0.2) is 0 Å². The van der Waals surface area contributed by atoms with Crippen molar-refractivity contribution < 1.29 is 35.3 Å². The van der Waals surface area contributed by atoms with Crippen LogP contribution in [0.2, 0.25) is 0 Å². The van der Waals surface area contributed by atoms with E-state index < -0.39 is 38.9 Å². The van der Waals surface area contributed by atoms with E-state index in [-0.39, 0.29) is 13.0 Å². The molecule has 0 spiro atoms. The summed E-state index contributed by atoms with van der Waals surface area (Å²) >= 11 is 0. The van der Waals surface area contributed by atoms with Gasteiger partial charge in [0, 0.05) is 5.54 Å². The first-order valence-corrected chi connectivity index (χ1v) is 8.86. The zero-order chi connectivity index (χ0) is 19.0. The first-order valence-electron chi connectivity index (χ1n) is 7.46. The van der Waals surface area contributed by atoms with Crippen LogP contribution >= 0.6 is 0 Å². The van der Waals surface area contributed by atoms with Crippen molar-refractivity contribution in [2.45, 2.75) is 44.3 Å². The monoisotopic (exact) mass is 381 g/mol. The summed E-state index contributed by atoms with van der Waals surface area (Å²) in [5.41, 5.74) is -4.94. The number of carbonyl (C=O) groups is 1. The van der Waals surface area contributed by atoms with E-state index in [4.69, 9.17) is 4.74 Å². The summed E-state index contributed by atoms with van der Waals surface area (Å²) in [6.07, 6.45) is 0.140. The highest BCUT2D eigenvalue weighted by Crippen LogP contribution is 2.34. The average molecular weight is 381 g/mol. The molecule has 0 radical (unpaired) electrons. The first-order chi connectivity index (χ1) is 11.4. The molecular formula is C15H18F3NO5S. The van der Waals surface area contributed by atoms with Gasteiger partial charge >= 0.3 is 21.6 Å². The lowest BCUT2D eigenvalue weighted by Crippen LogP contribution is -2.53. The topological polar surface area (TPSA) is 81.7 Å². The average Bonchev–Trinajstić information content (AvgIpc) is 2.44. The van der Waals surface area contributed by atoms with Gasteiger partial charge in [-0.2, -0.15) is 21.6 Å². The highest BCUT2D eigenvalue weighted by molar-refractivity contribution is 7.88. The lowest BCUT2D eigenvalue weighted by atomic mass is 9.82. The molecule has 1 aliphatic rings. The summed E-state index contributed by atoms with van der Waals surface area (Å²) < 4.78 is 68.8. The van der Waals surface area contributed by atoms with Crippen molar-refractivity contribution in [2.75, 3.05) is 6.61 Å². The van der Waals surface area contributed by atoms with E-state index in [1.54, 1.807) is 20.8 Å². The molecule has 1 aromatic rings. The molecule has 1 atom stereocenters. The Morgan fingerprint density at radius 2 is 2.00 bits per heavy atom. The number of rotatable bonds is 4. The number of fused-ring (bicyclic) bond motifs is 1. The van der Waals surface area contributed by atoms with Gasteiger partial charge in [0.25, 0.3) is 0 Å². The lowest BCUT2D eigenvalue weighted by molar-refractivity contribution is -0.146. The van der Waals surface area contributed by atoms with E-state index >= 15 is 0 Å². The van der Waals surface area contributed by atoms with E-state index in [2.05, 4.69) is 9.50 Å². The number of carbonyl (C=O) groups excluding carboxylic acids is 1. The Hall–Kier alpha value is -1.81. The summed E-state index contributed by atoms with van der Waals surface area (Å²) in [5.74, 6) is -0.952. The Kier molecular flexibility index (Phi) is 5.06. The van der Waals surface area contributed by atoms with Gasteiger partial charge in [0.2, 0.25) is 0 Å². The summed E-state index contributed by atoms with van der Waals surface area (Å²) in [5, 5.41) is 3.11. The molecule has 0 saturated carbocycles. The number of esters is 1. The molecule has 10 heteroatoms. The molecule has 2 rings (SSSR count). The number of benzene rings is 1. The summed E-state index contributed by atoms with van der Waals surface area (Å²) in [4.78, 5) is 12.0. The normalized spacial score (nSPS) is 19.8. The second-order valence-corrected chi connectivity index (χ2v) is 7.62. The Morgan fingerprint density at radius 1 is 1.36 bits per heavy atom. The molecular weight excluding hydrogens is 363 g/mol. The Morgan fingerprint density at radius 3 is 2.56 bits per heavy atom. The molecule has 1 aliphatic heterocycles. The molecule has 0 saturated heterocycles. The molecule has 140 valence electrons. The molecule has 6 nitrogen and oxygen atoms in total. The standard InChI is InChI=1S/C15H18F3NO5S/c1-4-23-13(20)12-8-9-7-10(24-25(21,22)15(16,17)18)5-6-11(9)14(2,3)19-12/h5-7,12,19H,4,8H2,1-3H3. The van der Waals surface area contributed by atoms with E-state index in [0.717, 1.165) is 11.6 Å². The van der Waals surface area contributed by atoms with Crippen molar-refractivity contribution in [3.63, 3.8) is 0 Å². The van der Waals surface area contributed by atoms with Crippen LogP contribution in [0.3, 0.4) is 0 Å². The van der Waals surface area contributed by atoms with Gasteiger partial charge in [-0.3, -0.25) is 10.1 Å². The Labute approximate surface area is 143 Å². The van der Waals surface area contributed by atoms with Gasteiger partial charge in [-0.25, -0.2) is 0 Å². The molecule has 0 aromatic heterocycles. The van der Waals surface area contributed by atoms with Gasteiger partial charge in [0.1, 0.15) is 11.8 Å². The van der Waals surface area contributed by atoms with Gasteiger partial charge in [0.05, 0.1) is 6.61 Å². The molecule has 0 amide bonds. The number of alkyl halides is 3. The molecule has 0 fully saturated rings. The van der Waals surface area contributed by atoms with E-state index in [9.17, 15) is 26.4 Å². The van der Waals surface area contributed by atoms with Gasteiger partial charge in [-0.1, -0.05) is 6.07 Å². The fourth-order valence-corrected chi connectivity index (χ4v) is 3.20. The molecule has 0 aliphatic carbocycles. The third-order valence-corrected chi connectivity index (χ3v) is 4.75. The smallest absolute Gasteiger partial charge is 0.465 e. The second-order valence-electron chi connectivity index (χ2n) is 6.08. The molecule has 25 heavy (non-hydrogen) atoms. The van der Waals surface area contributed by atoms with Crippen LogP contribution in [0.5, 0.6) is 5.75 Å². The van der Waals surface area contributed by atoms with Crippen LogP contribution in [0.1, 0.15) is 31.9 Å². The fraction of sp³-hybridized carbons (Fsp3) is 0.533. The maximum atomic E-state index is 12.4. The largest absolute Gasteiger partial charge is 0.534 e. The van der Waals surface area contributed by atoms with Crippen molar-refractivity contribution in [3.8, 4) is 5.75 Å². The van der Waals surface area contributed by atoms with Crippen LogP contribution in [-0.2, 0) is 31.6 Å². The van der Waals surface area contributed by atoms with Gasteiger partial charge in [-0.15, -0.1) is 0 Å². The molecule has 1 heterocycles. The second kappa shape index (κ2) is 6.49. The van der Waals surface area contributed by atoms with Crippen molar-refractivity contribution >= 4 is 16.1 Å². The van der Waals surface area contributed by atoms with Crippen molar-refractivity contribution in [1.29, 1.82) is 0 Å². The summed E-state index contributed by atoms with van der Waals surface area (Å²) in [6.45, 7) is 5.44. The molecule has 0 bridgehead atoms. The number of hydrogen-bond acceptors (Lipinski definition) is 6. The zero-order valence-electron chi connectivity index (χ0n) is 13.8. The lowest BCUT2D eigenvalue weighted by Gasteiger charge is -2.38. The Balaban J connectivity index is 2.35. The van der Waals surface area contributed by atoms with Crippen LogP contribution in [0.25, 0.3) is 0 Å². The van der Waals surface area contributed by atoms with Gasteiger partial charge in [-0.05, 0) is 50.5 Å². The van der Waals surface area contributed by atoms with Crippen LogP contribution < -0.4 is 9.50 Å². The Bertz CT molecular complexity index is 774. The molecule has 1 N–H and O–H groups in total. The van der Waals surface area contributed by atoms with E-state index in [1.807, 2.05) is 0 Å². The summed E-state index contributed by atoms with van der Waals surface area (Å²) in [6, 6.07) is 3.13. The SMILES string of the molecule is CCOC(=O)C1Cc2cc(OS(=O)(=O)C(F)(F)F)ccc2C(C)(C)N1. The number of ether oxygens (including phenoxy) is 1. The highest BCUT2D eigenvalue weighted by Gasteiger charge is 2.48. The quantitative estimate of drug-likeness (QED) is 0.489. The predicted molar refractivity (Wildman–Crippen MR) is 82.3 cm³/mol. The third kappa shape index (κ3) is 4.06. The number of hydrogen-bond donors (Lipinski definition) is 1. The fourth-order valence-electron chi connectivity index (χ4n) is 2.74. The van der Waals surface area contributed by atoms with Crippen LogP contribution in [-0.4, -0.2) is 32.5 Å². The molecule has 1 unspecified atom stereocenters. The number of nitrogens with one attached hydrogen (secondary N) is 1.